The van der Waals surface area contributed by atoms with Crippen LogP contribution in [0, 0.1) is 6.92 Å². The summed E-state index contributed by atoms with van der Waals surface area (Å²) in [5.41, 5.74) is 1.27. The minimum absolute atomic E-state index is 0.132. The van der Waals surface area contributed by atoms with Gasteiger partial charge in [-0.2, -0.15) is 0 Å². The van der Waals surface area contributed by atoms with Crippen molar-refractivity contribution in [2.45, 2.75) is 20.3 Å². The Balaban J connectivity index is 1.80. The zero-order valence-electron chi connectivity index (χ0n) is 12.5. The van der Waals surface area contributed by atoms with E-state index in [4.69, 9.17) is 4.52 Å². The Hall–Kier alpha value is -2.83. The second-order valence-electron chi connectivity index (χ2n) is 4.81. The van der Waals surface area contributed by atoms with Crippen molar-refractivity contribution in [3.05, 3.63) is 36.1 Å². The van der Waals surface area contributed by atoms with Crippen molar-refractivity contribution in [2.75, 3.05) is 22.5 Å². The number of carbonyl (C=O) groups is 2. The fourth-order valence-electron chi connectivity index (χ4n) is 1.86. The van der Waals surface area contributed by atoms with Crippen LogP contribution in [0.3, 0.4) is 0 Å². The minimum Gasteiger partial charge on any atom is -0.367 e. The molecule has 116 valence electrons. The predicted octanol–water partition coefficient (Wildman–Crippen LogP) is 2.38. The Kier molecular flexibility index (Phi) is 5.13. The van der Waals surface area contributed by atoms with Crippen LogP contribution < -0.4 is 16.0 Å². The molecule has 0 unspecified atom stereocenters. The molecule has 7 heteroatoms. The number of amides is 2. The fraction of sp³-hybridized carbons (Fsp3) is 0.267. The predicted molar refractivity (Wildman–Crippen MR) is 83.7 cm³/mol. The van der Waals surface area contributed by atoms with Crippen LogP contribution in [-0.4, -0.2) is 23.5 Å². The van der Waals surface area contributed by atoms with Crippen LogP contribution in [0.2, 0.25) is 0 Å². The van der Waals surface area contributed by atoms with Crippen LogP contribution in [0.5, 0.6) is 0 Å². The molecular weight excluding hydrogens is 284 g/mol. The first-order valence-corrected chi connectivity index (χ1v) is 6.87. The molecule has 2 rings (SSSR count). The van der Waals surface area contributed by atoms with Gasteiger partial charge >= 0.3 is 0 Å². The number of nitrogens with one attached hydrogen (secondary N) is 3. The van der Waals surface area contributed by atoms with Crippen LogP contribution in [0.1, 0.15) is 19.1 Å². The van der Waals surface area contributed by atoms with Gasteiger partial charge in [-0.3, -0.25) is 9.59 Å². The second kappa shape index (κ2) is 7.26. The van der Waals surface area contributed by atoms with Gasteiger partial charge in [0.1, 0.15) is 5.76 Å². The number of anilines is 3. The Morgan fingerprint density at radius 3 is 2.55 bits per heavy atom. The van der Waals surface area contributed by atoms with Crippen LogP contribution in [0.15, 0.2) is 34.9 Å². The average Bonchev–Trinajstić information content (AvgIpc) is 2.84. The molecule has 7 nitrogen and oxygen atoms in total. The van der Waals surface area contributed by atoms with E-state index in [0.29, 0.717) is 29.5 Å². The molecule has 1 aromatic heterocycles. The van der Waals surface area contributed by atoms with E-state index in [-0.39, 0.29) is 18.2 Å². The van der Waals surface area contributed by atoms with Crippen molar-refractivity contribution in [1.29, 1.82) is 0 Å². The molecule has 0 saturated heterocycles. The van der Waals surface area contributed by atoms with E-state index in [1.54, 1.807) is 37.3 Å². The SMILES string of the molecule is CC(=O)Nc1cccc(NC(=O)CCNc2cc(C)on2)c1. The maximum absolute atomic E-state index is 11.9. The lowest BCUT2D eigenvalue weighted by Gasteiger charge is -2.08. The number of aromatic nitrogens is 1. The zero-order chi connectivity index (χ0) is 15.9. The molecule has 1 aromatic carbocycles. The molecule has 3 N–H and O–H groups in total. The Labute approximate surface area is 128 Å². The van der Waals surface area contributed by atoms with Gasteiger partial charge in [0.2, 0.25) is 11.8 Å². The molecule has 0 fully saturated rings. The Bertz CT molecular complexity index is 666. The normalized spacial score (nSPS) is 10.1. The van der Waals surface area contributed by atoms with Gasteiger partial charge in [-0.15, -0.1) is 0 Å². The number of aryl methyl sites for hydroxylation is 1. The van der Waals surface area contributed by atoms with Gasteiger partial charge in [0.05, 0.1) is 0 Å². The van der Waals surface area contributed by atoms with Crippen molar-refractivity contribution in [3.63, 3.8) is 0 Å². The smallest absolute Gasteiger partial charge is 0.226 e. The summed E-state index contributed by atoms with van der Waals surface area (Å²) >= 11 is 0. The van der Waals surface area contributed by atoms with Crippen LogP contribution in [0.4, 0.5) is 17.2 Å². The van der Waals surface area contributed by atoms with E-state index >= 15 is 0 Å². The number of nitrogens with zero attached hydrogens (tertiary/aromatic N) is 1. The molecule has 2 aromatic rings. The van der Waals surface area contributed by atoms with Crippen molar-refractivity contribution in [2.24, 2.45) is 0 Å². The third kappa shape index (κ3) is 4.93. The summed E-state index contributed by atoms with van der Waals surface area (Å²) in [7, 11) is 0. The molecule has 0 atom stereocenters. The van der Waals surface area contributed by atoms with E-state index < -0.39 is 0 Å². The highest BCUT2D eigenvalue weighted by Crippen LogP contribution is 2.15. The first-order valence-electron chi connectivity index (χ1n) is 6.87. The zero-order valence-corrected chi connectivity index (χ0v) is 12.5. The second-order valence-corrected chi connectivity index (χ2v) is 4.81. The third-order valence-electron chi connectivity index (χ3n) is 2.75. The number of benzene rings is 1. The number of rotatable bonds is 6. The van der Waals surface area contributed by atoms with Crippen molar-refractivity contribution < 1.29 is 14.1 Å². The average molecular weight is 302 g/mol. The van der Waals surface area contributed by atoms with E-state index in [2.05, 4.69) is 21.1 Å². The third-order valence-corrected chi connectivity index (χ3v) is 2.75. The molecule has 2 amide bonds. The maximum atomic E-state index is 11.9. The first-order chi connectivity index (χ1) is 10.5. The topological polar surface area (TPSA) is 96.3 Å². The summed E-state index contributed by atoms with van der Waals surface area (Å²) in [5.74, 6) is 1.03. The van der Waals surface area contributed by atoms with E-state index in [1.807, 2.05) is 0 Å². The summed E-state index contributed by atoms with van der Waals surface area (Å²) in [6.45, 7) is 3.68. The summed E-state index contributed by atoms with van der Waals surface area (Å²) < 4.78 is 4.91. The molecule has 0 radical (unpaired) electrons. The molecule has 0 aliphatic heterocycles. The fourth-order valence-corrected chi connectivity index (χ4v) is 1.86. The molecule has 0 aliphatic carbocycles. The Morgan fingerprint density at radius 2 is 1.91 bits per heavy atom. The molecule has 0 spiro atoms. The summed E-state index contributed by atoms with van der Waals surface area (Å²) in [4.78, 5) is 22.9. The minimum atomic E-state index is -0.157. The van der Waals surface area contributed by atoms with Crippen LogP contribution >= 0.6 is 0 Å². The maximum Gasteiger partial charge on any atom is 0.226 e. The Morgan fingerprint density at radius 1 is 1.18 bits per heavy atom. The van der Waals surface area contributed by atoms with Crippen LogP contribution in [0.25, 0.3) is 0 Å². The lowest BCUT2D eigenvalue weighted by atomic mass is 10.2. The number of carbonyl (C=O) groups excluding carboxylic acids is 2. The molecule has 22 heavy (non-hydrogen) atoms. The van der Waals surface area contributed by atoms with Crippen molar-refractivity contribution >= 4 is 29.0 Å². The quantitative estimate of drug-likeness (QED) is 0.761. The lowest BCUT2D eigenvalue weighted by molar-refractivity contribution is -0.116. The van der Waals surface area contributed by atoms with Gasteiger partial charge in [0.15, 0.2) is 5.82 Å². The largest absolute Gasteiger partial charge is 0.367 e. The highest BCUT2D eigenvalue weighted by Gasteiger charge is 2.05. The molecule has 1 heterocycles. The molecule has 0 aliphatic rings. The summed E-state index contributed by atoms with van der Waals surface area (Å²) in [6.07, 6.45) is 0.288. The highest BCUT2D eigenvalue weighted by atomic mass is 16.5. The van der Waals surface area contributed by atoms with E-state index in [1.165, 1.54) is 6.92 Å². The van der Waals surface area contributed by atoms with Gasteiger partial charge in [0.25, 0.3) is 0 Å². The van der Waals surface area contributed by atoms with Crippen molar-refractivity contribution in [1.82, 2.24) is 5.16 Å². The standard InChI is InChI=1S/C15H18N4O3/c1-10-8-14(19-22-10)16-7-6-15(21)18-13-5-3-4-12(9-13)17-11(2)20/h3-5,8-9H,6-7H2,1-2H3,(H,16,19)(H,17,20)(H,18,21). The molecule has 0 saturated carbocycles. The number of hydrogen-bond donors (Lipinski definition) is 3. The highest BCUT2D eigenvalue weighted by molar-refractivity contribution is 5.93. The summed E-state index contributed by atoms with van der Waals surface area (Å²) in [6, 6.07) is 8.74. The first kappa shape index (κ1) is 15.6. The monoisotopic (exact) mass is 302 g/mol. The molecule has 0 bridgehead atoms. The lowest BCUT2D eigenvalue weighted by Crippen LogP contribution is -2.16. The van der Waals surface area contributed by atoms with Crippen LogP contribution in [-0.2, 0) is 9.59 Å². The summed E-state index contributed by atoms with van der Waals surface area (Å²) in [5, 5.41) is 12.2. The molecular formula is C15H18N4O3. The van der Waals surface area contributed by atoms with Gasteiger partial charge in [-0.25, -0.2) is 0 Å². The van der Waals surface area contributed by atoms with E-state index in [9.17, 15) is 9.59 Å². The van der Waals surface area contributed by atoms with Gasteiger partial charge in [0, 0.05) is 37.3 Å². The number of hydrogen-bond acceptors (Lipinski definition) is 5. The van der Waals surface area contributed by atoms with Gasteiger partial charge in [-0.05, 0) is 25.1 Å². The van der Waals surface area contributed by atoms with Gasteiger partial charge in [-0.1, -0.05) is 11.2 Å². The van der Waals surface area contributed by atoms with E-state index in [0.717, 1.165) is 0 Å². The van der Waals surface area contributed by atoms with Gasteiger partial charge < -0.3 is 20.5 Å². The van der Waals surface area contributed by atoms with Crippen molar-refractivity contribution in [3.8, 4) is 0 Å².